The molecule has 4 aliphatic heterocycles. The summed E-state index contributed by atoms with van der Waals surface area (Å²) in [5.41, 5.74) is 0. The Bertz CT molecular complexity index is 931. The topological polar surface area (TPSA) is 348 Å². The molecule has 4 saturated heterocycles. The van der Waals surface area contributed by atoms with E-state index >= 15 is 0 Å². The molecular weight excluding hydrogens is 624 g/mol. The van der Waals surface area contributed by atoms with Crippen LogP contribution in [-0.2, 0) is 33.2 Å². The van der Waals surface area contributed by atoms with Gasteiger partial charge in [0.1, 0.15) is 98.2 Å². The summed E-state index contributed by atoms with van der Waals surface area (Å²) in [6, 6.07) is 0. The number of rotatable bonds is 11. The number of hydrogen-bond donors (Lipinski definition) is 14. The summed E-state index contributed by atoms with van der Waals surface area (Å²) < 4.78 is 37.6. The van der Waals surface area contributed by atoms with Crippen LogP contribution in [0.25, 0.3) is 0 Å². The molecule has 19 atom stereocenters. The van der Waals surface area contributed by atoms with E-state index in [2.05, 4.69) is 0 Å². The number of aliphatic hydroxyl groups is 14. The van der Waals surface area contributed by atoms with Gasteiger partial charge in [0.05, 0.1) is 26.4 Å². The van der Waals surface area contributed by atoms with Crippen molar-refractivity contribution in [3.05, 3.63) is 0 Å². The van der Waals surface area contributed by atoms with E-state index in [1.165, 1.54) is 0 Å². The summed E-state index contributed by atoms with van der Waals surface area (Å²) >= 11 is 0. The number of hydrogen-bond acceptors (Lipinski definition) is 21. The molecule has 264 valence electrons. The summed E-state index contributed by atoms with van der Waals surface area (Å²) in [5, 5.41) is 141. The van der Waals surface area contributed by atoms with Gasteiger partial charge in [0.15, 0.2) is 18.9 Å². The Kier molecular flexibility index (Phi) is 12.5. The summed E-state index contributed by atoms with van der Waals surface area (Å²) in [6.07, 6.45) is -31.4. The maximum atomic E-state index is 10.5. The average Bonchev–Trinajstić information content (AvgIpc) is 3.28. The summed E-state index contributed by atoms with van der Waals surface area (Å²) in [6.45, 7) is -4.02. The Morgan fingerprint density at radius 3 is 1.27 bits per heavy atom. The molecule has 0 aliphatic carbocycles. The zero-order valence-electron chi connectivity index (χ0n) is 23.5. The van der Waals surface area contributed by atoms with Gasteiger partial charge in [-0.25, -0.2) is 0 Å². The zero-order valence-corrected chi connectivity index (χ0v) is 23.5. The second-order valence-corrected chi connectivity index (χ2v) is 11.3. The van der Waals surface area contributed by atoms with Crippen molar-refractivity contribution in [3.63, 3.8) is 0 Å². The highest BCUT2D eigenvalue weighted by atomic mass is 16.8. The van der Waals surface area contributed by atoms with E-state index in [1.54, 1.807) is 0 Å². The van der Waals surface area contributed by atoms with Crippen LogP contribution in [0.4, 0.5) is 0 Å². The van der Waals surface area contributed by atoms with Crippen LogP contribution in [0, 0.1) is 0 Å². The lowest BCUT2D eigenvalue weighted by atomic mass is 9.98. The molecule has 21 nitrogen and oxygen atoms in total. The van der Waals surface area contributed by atoms with E-state index < -0.39 is 149 Å². The fourth-order valence-electron chi connectivity index (χ4n) is 5.39. The molecule has 4 heterocycles. The second kappa shape index (κ2) is 15.1. The van der Waals surface area contributed by atoms with Crippen molar-refractivity contribution in [1.82, 2.24) is 0 Å². The van der Waals surface area contributed by atoms with Gasteiger partial charge in [0.25, 0.3) is 0 Å². The van der Waals surface area contributed by atoms with Crippen LogP contribution in [-0.4, -0.2) is 221 Å². The molecule has 0 radical (unpaired) electrons. The Morgan fingerprint density at radius 2 is 0.844 bits per heavy atom. The van der Waals surface area contributed by atoms with Crippen molar-refractivity contribution in [2.45, 2.75) is 116 Å². The minimum absolute atomic E-state index is 0.650. The molecule has 0 aromatic heterocycles. The van der Waals surface area contributed by atoms with E-state index in [-0.39, 0.29) is 0 Å². The van der Waals surface area contributed by atoms with Crippen molar-refractivity contribution >= 4 is 0 Å². The Labute approximate surface area is 254 Å². The molecule has 14 N–H and O–H groups in total. The van der Waals surface area contributed by atoms with Gasteiger partial charge in [-0.05, 0) is 0 Å². The molecule has 0 saturated carbocycles. The van der Waals surface area contributed by atoms with Gasteiger partial charge in [0.2, 0.25) is 5.79 Å². The molecule has 4 rings (SSSR count). The first-order valence-corrected chi connectivity index (χ1v) is 14.1. The molecule has 4 aliphatic rings. The van der Waals surface area contributed by atoms with Crippen LogP contribution in [0.15, 0.2) is 0 Å². The third-order valence-electron chi connectivity index (χ3n) is 8.26. The van der Waals surface area contributed by atoms with Crippen LogP contribution < -0.4 is 0 Å². The normalized spacial score (nSPS) is 52.7. The van der Waals surface area contributed by atoms with Gasteiger partial charge in [-0.3, -0.25) is 0 Å². The second-order valence-electron chi connectivity index (χ2n) is 11.3. The van der Waals surface area contributed by atoms with Crippen LogP contribution in [0.3, 0.4) is 0 Å². The molecule has 4 fully saturated rings. The van der Waals surface area contributed by atoms with Crippen LogP contribution in [0.2, 0.25) is 0 Å². The van der Waals surface area contributed by atoms with E-state index in [9.17, 15) is 71.5 Å². The molecule has 45 heavy (non-hydrogen) atoms. The average molecular weight is 667 g/mol. The number of aliphatic hydroxyl groups excluding tert-OH is 14. The molecule has 0 unspecified atom stereocenters. The SMILES string of the molecule is OC[C@H]1O[C@H](OC[C@H]2O[C@H](OC[C@H]3O[C@@H](O[C@]4(CO)O[C@H](CO)[C@@H](O)[C@@H]4O)[C@H](O)[C@@H](O)[C@@H]3O)[C@H](O)[C@@H](O)[C@H]2O)[C@H](O)[C@@H](O)[C@H]1O. The highest BCUT2D eigenvalue weighted by molar-refractivity contribution is 4.99. The Morgan fingerprint density at radius 1 is 0.444 bits per heavy atom. The molecule has 21 heteroatoms. The van der Waals surface area contributed by atoms with Crippen LogP contribution >= 0.6 is 0 Å². The maximum absolute atomic E-state index is 10.5. The van der Waals surface area contributed by atoms with Crippen LogP contribution in [0.1, 0.15) is 0 Å². The van der Waals surface area contributed by atoms with Crippen molar-refractivity contribution < 1.29 is 105 Å². The zero-order chi connectivity index (χ0) is 33.4. The summed E-state index contributed by atoms with van der Waals surface area (Å²) in [4.78, 5) is 0. The highest BCUT2D eigenvalue weighted by Crippen LogP contribution is 2.36. The third kappa shape index (κ3) is 7.29. The molecule has 0 bridgehead atoms. The minimum Gasteiger partial charge on any atom is -0.394 e. The lowest BCUT2D eigenvalue weighted by Crippen LogP contribution is -2.64. The van der Waals surface area contributed by atoms with Crippen molar-refractivity contribution in [3.8, 4) is 0 Å². The standard InChI is InChI=1S/C24H42O21/c25-1-6-10(28)14(32)17(35)21(41-6)39-3-8-11(29)15(33)18(36)22(42-8)40-4-9-12(30)16(34)19(37)23(43-9)45-24(5-27)20(38)13(31)7(2-26)44-24/h6-23,25-38H,1-5H2/t6-,7-,8-,9-,10+,11+,12-,13-,14+,15+,16+,17-,18-,19-,20+,21+,22+,23+,24+/m1/s1. The van der Waals surface area contributed by atoms with E-state index in [0.29, 0.717) is 0 Å². The minimum atomic E-state index is -2.43. The first-order valence-electron chi connectivity index (χ1n) is 14.1. The van der Waals surface area contributed by atoms with Gasteiger partial charge in [-0.15, -0.1) is 0 Å². The molecular formula is C24H42O21. The van der Waals surface area contributed by atoms with Gasteiger partial charge >= 0.3 is 0 Å². The molecule has 0 amide bonds. The third-order valence-corrected chi connectivity index (χ3v) is 8.26. The first-order chi connectivity index (χ1) is 21.2. The number of ether oxygens (including phenoxy) is 7. The van der Waals surface area contributed by atoms with Gasteiger partial charge in [0, 0.05) is 0 Å². The van der Waals surface area contributed by atoms with Gasteiger partial charge < -0.3 is 105 Å². The molecule has 0 aromatic rings. The quantitative estimate of drug-likeness (QED) is 0.0973. The highest BCUT2D eigenvalue weighted by Gasteiger charge is 2.58. The first kappa shape index (κ1) is 37.0. The smallest absolute Gasteiger partial charge is 0.224 e. The van der Waals surface area contributed by atoms with E-state index in [0.717, 1.165) is 0 Å². The largest absolute Gasteiger partial charge is 0.394 e. The van der Waals surface area contributed by atoms with Crippen molar-refractivity contribution in [2.75, 3.05) is 33.0 Å². The molecule has 0 aromatic carbocycles. The molecule has 0 spiro atoms. The lowest BCUT2D eigenvalue weighted by Gasteiger charge is -2.45. The van der Waals surface area contributed by atoms with Crippen LogP contribution in [0.5, 0.6) is 0 Å². The van der Waals surface area contributed by atoms with Gasteiger partial charge in [-0.1, -0.05) is 0 Å². The maximum Gasteiger partial charge on any atom is 0.224 e. The van der Waals surface area contributed by atoms with Crippen molar-refractivity contribution in [1.29, 1.82) is 0 Å². The van der Waals surface area contributed by atoms with Gasteiger partial charge in [-0.2, -0.15) is 0 Å². The summed E-state index contributed by atoms with van der Waals surface area (Å²) in [5.74, 6) is -2.43. The fourth-order valence-corrected chi connectivity index (χ4v) is 5.39. The fraction of sp³-hybridized carbons (Fsp3) is 1.00. The Hall–Kier alpha value is -0.840. The summed E-state index contributed by atoms with van der Waals surface area (Å²) in [7, 11) is 0. The van der Waals surface area contributed by atoms with E-state index in [1.807, 2.05) is 0 Å². The van der Waals surface area contributed by atoms with E-state index in [4.69, 9.17) is 33.2 Å². The Balaban J connectivity index is 1.39. The predicted molar refractivity (Wildman–Crippen MR) is 134 cm³/mol. The van der Waals surface area contributed by atoms with Crippen molar-refractivity contribution in [2.24, 2.45) is 0 Å². The predicted octanol–water partition coefficient (Wildman–Crippen LogP) is -9.75. The lowest BCUT2D eigenvalue weighted by molar-refractivity contribution is -0.388. The monoisotopic (exact) mass is 666 g/mol.